The van der Waals surface area contributed by atoms with Crippen LogP contribution in [0.1, 0.15) is 10.4 Å². The largest absolute Gasteiger partial charge is 0.496 e. The maximum atomic E-state index is 13.7. The minimum absolute atomic E-state index is 0.0113. The molecular formula is C12H9ClFN3O2. The van der Waals surface area contributed by atoms with Gasteiger partial charge < -0.3 is 4.74 Å². The van der Waals surface area contributed by atoms with Crippen molar-refractivity contribution in [1.29, 1.82) is 0 Å². The summed E-state index contributed by atoms with van der Waals surface area (Å²) in [6.45, 7) is 0. The SMILES string of the molecule is COc1cccc(F)c1C(=O)Nc1nccc(Cl)n1. The van der Waals surface area contributed by atoms with E-state index in [1.807, 2.05) is 0 Å². The van der Waals surface area contributed by atoms with Gasteiger partial charge in [0.1, 0.15) is 22.3 Å². The number of nitrogens with zero attached hydrogens (tertiary/aromatic N) is 2. The first-order valence-corrected chi connectivity index (χ1v) is 5.62. The van der Waals surface area contributed by atoms with Crippen LogP contribution in [0.3, 0.4) is 0 Å². The number of rotatable bonds is 3. The van der Waals surface area contributed by atoms with Crippen molar-refractivity contribution in [3.05, 3.63) is 47.0 Å². The molecule has 0 radical (unpaired) electrons. The fourth-order valence-corrected chi connectivity index (χ4v) is 1.59. The summed E-state index contributed by atoms with van der Waals surface area (Å²) in [4.78, 5) is 19.6. The van der Waals surface area contributed by atoms with Crippen LogP contribution in [0.2, 0.25) is 5.15 Å². The van der Waals surface area contributed by atoms with Crippen LogP contribution >= 0.6 is 11.6 Å². The Morgan fingerprint density at radius 1 is 1.42 bits per heavy atom. The predicted molar refractivity (Wildman–Crippen MR) is 67.9 cm³/mol. The highest BCUT2D eigenvalue weighted by Crippen LogP contribution is 2.22. The van der Waals surface area contributed by atoms with E-state index in [9.17, 15) is 9.18 Å². The summed E-state index contributed by atoms with van der Waals surface area (Å²) in [6, 6.07) is 5.55. The third-order valence-electron chi connectivity index (χ3n) is 2.27. The van der Waals surface area contributed by atoms with Gasteiger partial charge in [0.25, 0.3) is 5.91 Å². The van der Waals surface area contributed by atoms with Gasteiger partial charge in [-0.25, -0.2) is 14.4 Å². The Balaban J connectivity index is 2.30. The average Bonchev–Trinajstić information content (AvgIpc) is 2.38. The van der Waals surface area contributed by atoms with Gasteiger partial charge in [-0.1, -0.05) is 17.7 Å². The second-order valence-corrected chi connectivity index (χ2v) is 3.86. The van der Waals surface area contributed by atoms with Crippen LogP contribution in [-0.4, -0.2) is 23.0 Å². The molecule has 1 N–H and O–H groups in total. The van der Waals surface area contributed by atoms with Crippen LogP contribution in [0, 0.1) is 5.82 Å². The van der Waals surface area contributed by atoms with Gasteiger partial charge in [0.15, 0.2) is 0 Å². The van der Waals surface area contributed by atoms with E-state index in [-0.39, 0.29) is 22.4 Å². The van der Waals surface area contributed by atoms with Crippen LogP contribution in [0.25, 0.3) is 0 Å². The molecule has 0 atom stereocenters. The normalized spacial score (nSPS) is 10.1. The van der Waals surface area contributed by atoms with Gasteiger partial charge in [-0.05, 0) is 18.2 Å². The maximum Gasteiger partial charge on any atom is 0.264 e. The summed E-state index contributed by atoms with van der Waals surface area (Å²) in [5, 5.41) is 2.52. The molecule has 1 amide bonds. The monoisotopic (exact) mass is 281 g/mol. The molecule has 2 aromatic rings. The molecule has 2 rings (SSSR count). The zero-order chi connectivity index (χ0) is 13.8. The summed E-state index contributed by atoms with van der Waals surface area (Å²) in [5.74, 6) is -1.29. The number of aromatic nitrogens is 2. The number of nitrogens with one attached hydrogen (secondary N) is 1. The summed E-state index contributed by atoms with van der Waals surface area (Å²) < 4.78 is 18.6. The van der Waals surface area contributed by atoms with E-state index < -0.39 is 11.7 Å². The topological polar surface area (TPSA) is 64.1 Å². The van der Waals surface area contributed by atoms with Crippen molar-refractivity contribution in [3.63, 3.8) is 0 Å². The number of ether oxygens (including phenoxy) is 1. The smallest absolute Gasteiger partial charge is 0.264 e. The molecule has 0 aliphatic carbocycles. The van der Waals surface area contributed by atoms with Crippen molar-refractivity contribution in [2.45, 2.75) is 0 Å². The number of carbonyl (C=O) groups excluding carboxylic acids is 1. The number of methoxy groups -OCH3 is 1. The first-order chi connectivity index (χ1) is 9.11. The summed E-state index contributed by atoms with van der Waals surface area (Å²) in [7, 11) is 1.35. The van der Waals surface area contributed by atoms with E-state index in [1.54, 1.807) is 0 Å². The van der Waals surface area contributed by atoms with Crippen LogP contribution in [0.5, 0.6) is 5.75 Å². The third-order valence-corrected chi connectivity index (χ3v) is 2.48. The molecule has 1 heterocycles. The first kappa shape index (κ1) is 13.2. The van der Waals surface area contributed by atoms with Crippen LogP contribution in [-0.2, 0) is 0 Å². The number of anilines is 1. The standard InChI is InChI=1S/C12H9ClFN3O2/c1-19-8-4-2-3-7(14)10(8)11(18)17-12-15-6-5-9(13)16-12/h2-6H,1H3,(H,15,16,17,18). The van der Waals surface area contributed by atoms with E-state index in [4.69, 9.17) is 16.3 Å². The summed E-state index contributed by atoms with van der Waals surface area (Å²) in [6.07, 6.45) is 1.38. The lowest BCUT2D eigenvalue weighted by Crippen LogP contribution is -2.16. The molecule has 5 nitrogen and oxygen atoms in total. The zero-order valence-electron chi connectivity index (χ0n) is 9.85. The number of amides is 1. The van der Waals surface area contributed by atoms with Crippen LogP contribution in [0.4, 0.5) is 10.3 Å². The fourth-order valence-electron chi connectivity index (χ4n) is 1.46. The van der Waals surface area contributed by atoms with Gasteiger partial charge in [-0.3, -0.25) is 10.1 Å². The van der Waals surface area contributed by atoms with Crippen molar-refractivity contribution in [2.24, 2.45) is 0 Å². The number of hydrogen-bond acceptors (Lipinski definition) is 4. The van der Waals surface area contributed by atoms with E-state index in [1.165, 1.54) is 31.5 Å². The second-order valence-electron chi connectivity index (χ2n) is 3.47. The molecule has 0 aliphatic rings. The Morgan fingerprint density at radius 2 is 2.21 bits per heavy atom. The van der Waals surface area contributed by atoms with Gasteiger partial charge in [0.05, 0.1) is 7.11 Å². The van der Waals surface area contributed by atoms with Crippen LogP contribution < -0.4 is 10.1 Å². The summed E-state index contributed by atoms with van der Waals surface area (Å²) in [5.41, 5.74) is -0.214. The Labute approximate surface area is 113 Å². The number of halogens is 2. The van der Waals surface area contributed by atoms with Gasteiger partial charge in [-0.15, -0.1) is 0 Å². The maximum absolute atomic E-state index is 13.7. The molecule has 0 unspecified atom stereocenters. The molecule has 1 aromatic heterocycles. The van der Waals surface area contributed by atoms with Gasteiger partial charge >= 0.3 is 0 Å². The molecule has 0 aliphatic heterocycles. The van der Waals surface area contributed by atoms with Crippen molar-refractivity contribution >= 4 is 23.5 Å². The molecular weight excluding hydrogens is 273 g/mol. The number of carbonyl (C=O) groups is 1. The highest BCUT2D eigenvalue weighted by molar-refractivity contribution is 6.29. The quantitative estimate of drug-likeness (QED) is 0.878. The number of hydrogen-bond donors (Lipinski definition) is 1. The lowest BCUT2D eigenvalue weighted by atomic mass is 10.1. The highest BCUT2D eigenvalue weighted by atomic mass is 35.5. The first-order valence-electron chi connectivity index (χ1n) is 5.24. The second kappa shape index (κ2) is 5.62. The Kier molecular flexibility index (Phi) is 3.91. The molecule has 0 bridgehead atoms. The molecule has 0 saturated carbocycles. The minimum Gasteiger partial charge on any atom is -0.496 e. The lowest BCUT2D eigenvalue weighted by Gasteiger charge is -2.09. The predicted octanol–water partition coefficient (Wildman–Crippen LogP) is 2.53. The van der Waals surface area contributed by atoms with Crippen molar-refractivity contribution in [1.82, 2.24) is 9.97 Å². The van der Waals surface area contributed by atoms with Gasteiger partial charge in [-0.2, -0.15) is 0 Å². The van der Waals surface area contributed by atoms with Gasteiger partial charge in [0.2, 0.25) is 5.95 Å². The molecule has 0 saturated heterocycles. The lowest BCUT2D eigenvalue weighted by molar-refractivity contribution is 0.101. The molecule has 0 spiro atoms. The molecule has 98 valence electrons. The fraction of sp³-hybridized carbons (Fsp3) is 0.0833. The molecule has 7 heteroatoms. The van der Waals surface area contributed by atoms with Crippen LogP contribution in [0.15, 0.2) is 30.5 Å². The van der Waals surface area contributed by atoms with E-state index >= 15 is 0 Å². The Morgan fingerprint density at radius 3 is 2.89 bits per heavy atom. The van der Waals surface area contributed by atoms with Crippen molar-refractivity contribution in [3.8, 4) is 5.75 Å². The molecule has 0 fully saturated rings. The van der Waals surface area contributed by atoms with Gasteiger partial charge in [0, 0.05) is 6.20 Å². The van der Waals surface area contributed by atoms with E-state index in [2.05, 4.69) is 15.3 Å². The molecule has 19 heavy (non-hydrogen) atoms. The minimum atomic E-state index is -0.711. The Bertz CT molecular complexity index is 622. The highest BCUT2D eigenvalue weighted by Gasteiger charge is 2.18. The third kappa shape index (κ3) is 2.97. The number of benzene rings is 1. The molecule has 1 aromatic carbocycles. The van der Waals surface area contributed by atoms with Crippen molar-refractivity contribution < 1.29 is 13.9 Å². The van der Waals surface area contributed by atoms with Crippen molar-refractivity contribution in [2.75, 3.05) is 12.4 Å². The van der Waals surface area contributed by atoms with E-state index in [0.717, 1.165) is 6.07 Å². The summed E-state index contributed by atoms with van der Waals surface area (Å²) >= 11 is 5.66. The van der Waals surface area contributed by atoms with E-state index in [0.29, 0.717) is 0 Å². The average molecular weight is 282 g/mol. The zero-order valence-corrected chi connectivity index (χ0v) is 10.6. The Hall–Kier alpha value is -2.21.